The van der Waals surface area contributed by atoms with Gasteiger partial charge >= 0.3 is 5.97 Å². The fourth-order valence-electron chi connectivity index (χ4n) is 3.17. The van der Waals surface area contributed by atoms with Gasteiger partial charge in [0, 0.05) is 11.1 Å². The average molecular weight is 418 g/mol. The number of carbonyl (C=O) groups excluding carboxylic acids is 1. The molecule has 0 aliphatic rings. The smallest absolute Gasteiger partial charge is 0.308 e. The van der Waals surface area contributed by atoms with Crippen molar-refractivity contribution in [1.82, 2.24) is 0 Å². The lowest BCUT2D eigenvalue weighted by Gasteiger charge is -2.21. The van der Waals surface area contributed by atoms with Crippen LogP contribution in [0.5, 0.6) is 0 Å². The quantitative estimate of drug-likeness (QED) is 0.399. The van der Waals surface area contributed by atoms with Gasteiger partial charge in [0.2, 0.25) is 0 Å². The molecule has 3 rings (SSSR count). The summed E-state index contributed by atoms with van der Waals surface area (Å²) in [5.41, 5.74) is 3.61. The van der Waals surface area contributed by atoms with Crippen LogP contribution in [-0.4, -0.2) is 42.7 Å². The van der Waals surface area contributed by atoms with Gasteiger partial charge in [-0.05, 0) is 5.56 Å². The second kappa shape index (κ2) is 11.8. The van der Waals surface area contributed by atoms with Crippen molar-refractivity contribution in [3.63, 3.8) is 0 Å². The maximum Gasteiger partial charge on any atom is 0.308 e. The molecule has 0 aromatic heterocycles. The molecular formula is C26H27NO4. The van der Waals surface area contributed by atoms with E-state index in [0.717, 1.165) is 22.4 Å². The molecule has 31 heavy (non-hydrogen) atoms. The number of aliphatic hydroxyl groups is 1. The Balaban J connectivity index is 1.88. The van der Waals surface area contributed by atoms with E-state index in [1.165, 1.54) is 7.11 Å². The number of carbonyl (C=O) groups is 1. The van der Waals surface area contributed by atoms with E-state index in [2.05, 4.69) is 0 Å². The lowest BCUT2D eigenvalue weighted by atomic mass is 10.0. The molecule has 0 aliphatic carbocycles. The highest BCUT2D eigenvalue weighted by molar-refractivity contribution is 6.13. The fourth-order valence-corrected chi connectivity index (χ4v) is 3.17. The van der Waals surface area contributed by atoms with Crippen molar-refractivity contribution in [2.24, 2.45) is 4.99 Å². The Morgan fingerprint density at radius 1 is 0.871 bits per heavy atom. The molecule has 0 aliphatic heterocycles. The van der Waals surface area contributed by atoms with Crippen molar-refractivity contribution < 1.29 is 19.4 Å². The predicted octanol–water partition coefficient (Wildman–Crippen LogP) is 4.03. The Kier molecular flexibility index (Phi) is 8.52. The summed E-state index contributed by atoms with van der Waals surface area (Å²) in [6.45, 7) is 0.556. The van der Waals surface area contributed by atoms with Crippen LogP contribution in [0, 0.1) is 0 Å². The molecule has 2 unspecified atom stereocenters. The Labute approximate surface area is 183 Å². The van der Waals surface area contributed by atoms with Crippen LogP contribution in [0.25, 0.3) is 0 Å². The highest BCUT2D eigenvalue weighted by atomic mass is 16.5. The van der Waals surface area contributed by atoms with E-state index < -0.39 is 18.1 Å². The SMILES string of the molecule is COC(=O)CC(O)C(COCc1ccccc1)N=C(c1ccccc1)c1ccccc1. The van der Waals surface area contributed by atoms with Crippen LogP contribution in [0.4, 0.5) is 0 Å². The standard InChI is InChI=1S/C26H27NO4/c1-30-25(29)17-24(28)23(19-31-18-20-11-5-2-6-12-20)27-26(21-13-7-3-8-14-21)22-15-9-4-10-16-22/h2-16,23-24,28H,17-19H2,1H3. The minimum atomic E-state index is -1.04. The molecule has 0 fully saturated rings. The second-order valence-electron chi connectivity index (χ2n) is 7.13. The normalized spacial score (nSPS) is 12.6. The first kappa shape index (κ1) is 22.4. The highest BCUT2D eigenvalue weighted by Crippen LogP contribution is 2.16. The van der Waals surface area contributed by atoms with Gasteiger partial charge in [-0.3, -0.25) is 9.79 Å². The molecule has 0 saturated heterocycles. The number of rotatable bonds is 10. The minimum absolute atomic E-state index is 0.157. The van der Waals surface area contributed by atoms with E-state index in [1.54, 1.807) is 0 Å². The van der Waals surface area contributed by atoms with E-state index >= 15 is 0 Å². The molecule has 0 heterocycles. The third-order valence-corrected chi connectivity index (χ3v) is 4.84. The fraction of sp³-hybridized carbons (Fsp3) is 0.231. The topological polar surface area (TPSA) is 68.1 Å². The number of benzene rings is 3. The molecule has 5 heteroatoms. The van der Waals surface area contributed by atoms with Gasteiger partial charge in [-0.2, -0.15) is 0 Å². The zero-order valence-electron chi connectivity index (χ0n) is 17.6. The summed E-state index contributed by atoms with van der Waals surface area (Å²) in [7, 11) is 1.30. The molecule has 3 aromatic rings. The molecule has 160 valence electrons. The third-order valence-electron chi connectivity index (χ3n) is 4.84. The lowest BCUT2D eigenvalue weighted by molar-refractivity contribution is -0.143. The Morgan fingerprint density at radius 2 is 1.39 bits per heavy atom. The number of methoxy groups -OCH3 is 1. The number of aliphatic imine (C=N–C) groups is 1. The number of hydrogen-bond acceptors (Lipinski definition) is 5. The molecule has 0 spiro atoms. The Bertz CT molecular complexity index is 917. The first-order valence-corrected chi connectivity index (χ1v) is 10.2. The van der Waals surface area contributed by atoms with E-state index in [9.17, 15) is 9.90 Å². The van der Waals surface area contributed by atoms with Gasteiger partial charge in [0.1, 0.15) is 6.04 Å². The molecule has 3 aromatic carbocycles. The number of hydrogen-bond donors (Lipinski definition) is 1. The summed E-state index contributed by atoms with van der Waals surface area (Å²) in [6, 6.07) is 28.7. The van der Waals surface area contributed by atoms with Crippen LogP contribution in [0.3, 0.4) is 0 Å². The van der Waals surface area contributed by atoms with E-state index in [0.29, 0.717) is 6.61 Å². The van der Waals surface area contributed by atoms with Crippen LogP contribution in [0.2, 0.25) is 0 Å². The molecule has 0 bridgehead atoms. The van der Waals surface area contributed by atoms with Gasteiger partial charge in [0.25, 0.3) is 0 Å². The van der Waals surface area contributed by atoms with Crippen molar-refractivity contribution in [1.29, 1.82) is 0 Å². The predicted molar refractivity (Wildman–Crippen MR) is 121 cm³/mol. The minimum Gasteiger partial charge on any atom is -0.469 e. The number of esters is 1. The lowest BCUT2D eigenvalue weighted by Crippen LogP contribution is -2.33. The van der Waals surface area contributed by atoms with Crippen LogP contribution in [-0.2, 0) is 20.9 Å². The van der Waals surface area contributed by atoms with E-state index in [1.807, 2.05) is 91.0 Å². The first-order chi connectivity index (χ1) is 15.2. The van der Waals surface area contributed by atoms with Crippen molar-refractivity contribution in [2.75, 3.05) is 13.7 Å². The summed E-state index contributed by atoms with van der Waals surface area (Å²) in [4.78, 5) is 16.6. The second-order valence-corrected chi connectivity index (χ2v) is 7.13. The monoisotopic (exact) mass is 417 g/mol. The van der Waals surface area contributed by atoms with E-state index in [-0.39, 0.29) is 13.0 Å². The first-order valence-electron chi connectivity index (χ1n) is 10.2. The van der Waals surface area contributed by atoms with Crippen LogP contribution >= 0.6 is 0 Å². The Hall–Kier alpha value is -3.28. The third kappa shape index (κ3) is 6.88. The molecule has 0 amide bonds. The van der Waals surface area contributed by atoms with Crippen molar-refractivity contribution >= 4 is 11.7 Å². The molecule has 2 atom stereocenters. The summed E-state index contributed by atoms with van der Waals surface area (Å²) in [5, 5.41) is 10.8. The van der Waals surface area contributed by atoms with Crippen molar-refractivity contribution in [2.45, 2.75) is 25.2 Å². The maximum atomic E-state index is 11.8. The van der Waals surface area contributed by atoms with Crippen LogP contribution < -0.4 is 0 Å². The zero-order valence-corrected chi connectivity index (χ0v) is 17.6. The van der Waals surface area contributed by atoms with Gasteiger partial charge in [0.05, 0.1) is 38.6 Å². The summed E-state index contributed by atoms with van der Waals surface area (Å²) < 4.78 is 10.6. The summed E-state index contributed by atoms with van der Waals surface area (Å²) in [5.74, 6) is -0.489. The number of aliphatic hydroxyl groups excluding tert-OH is 1. The summed E-state index contributed by atoms with van der Waals surface area (Å²) >= 11 is 0. The highest BCUT2D eigenvalue weighted by Gasteiger charge is 2.24. The van der Waals surface area contributed by atoms with Gasteiger partial charge in [-0.15, -0.1) is 0 Å². The molecule has 5 nitrogen and oxygen atoms in total. The largest absolute Gasteiger partial charge is 0.469 e. The molecular weight excluding hydrogens is 390 g/mol. The van der Waals surface area contributed by atoms with Crippen molar-refractivity contribution in [3.8, 4) is 0 Å². The maximum absolute atomic E-state index is 11.8. The van der Waals surface area contributed by atoms with Crippen LogP contribution in [0.1, 0.15) is 23.1 Å². The van der Waals surface area contributed by atoms with Gasteiger partial charge in [0.15, 0.2) is 0 Å². The van der Waals surface area contributed by atoms with Gasteiger partial charge in [-0.1, -0.05) is 91.0 Å². The number of ether oxygens (including phenoxy) is 2. The molecule has 0 saturated carbocycles. The van der Waals surface area contributed by atoms with Crippen molar-refractivity contribution in [3.05, 3.63) is 108 Å². The Morgan fingerprint density at radius 3 is 1.90 bits per heavy atom. The van der Waals surface area contributed by atoms with Gasteiger partial charge in [-0.25, -0.2) is 0 Å². The average Bonchev–Trinajstić information content (AvgIpc) is 2.83. The zero-order chi connectivity index (χ0) is 21.9. The van der Waals surface area contributed by atoms with Crippen LogP contribution in [0.15, 0.2) is 96.0 Å². The van der Waals surface area contributed by atoms with E-state index in [4.69, 9.17) is 14.5 Å². The number of nitrogens with zero attached hydrogens (tertiary/aromatic N) is 1. The molecule has 1 N–H and O–H groups in total. The molecule has 0 radical (unpaired) electrons. The van der Waals surface area contributed by atoms with Gasteiger partial charge < -0.3 is 14.6 Å². The summed E-state index contributed by atoms with van der Waals surface area (Å²) in [6.07, 6.45) is -1.19.